The molecule has 0 aromatic rings. The minimum Gasteiger partial charge on any atom is -0.464 e. The smallest absolute Gasteiger partial charge is 0.332 e. The van der Waals surface area contributed by atoms with Crippen molar-refractivity contribution in [2.75, 3.05) is 26.8 Å². The van der Waals surface area contributed by atoms with Gasteiger partial charge in [0.15, 0.2) is 8.32 Å². The zero-order valence-electron chi connectivity index (χ0n) is 21.5. The van der Waals surface area contributed by atoms with Crippen LogP contribution in [0.2, 0.25) is 18.1 Å². The summed E-state index contributed by atoms with van der Waals surface area (Å²) in [6.45, 7) is 13.8. The first-order chi connectivity index (χ1) is 15.3. The average molecular weight is 482 g/mol. The maximum atomic E-state index is 13.3. The molecule has 1 heterocycles. The molecule has 8 nitrogen and oxygen atoms in total. The van der Waals surface area contributed by atoms with Crippen molar-refractivity contribution >= 4 is 26.2 Å². The molecule has 0 spiro atoms. The first kappa shape index (κ1) is 27.4. The largest absolute Gasteiger partial charge is 0.464 e. The number of ether oxygens (including phenoxy) is 1. The molecule has 0 unspecified atom stereocenters. The van der Waals surface area contributed by atoms with E-state index in [2.05, 4.69) is 50.6 Å². The molecule has 9 heteroatoms. The van der Waals surface area contributed by atoms with Gasteiger partial charge in [-0.2, -0.15) is 0 Å². The summed E-state index contributed by atoms with van der Waals surface area (Å²) in [5.74, 6) is -0.887. The molecule has 3 amide bonds. The fraction of sp³-hybridized carbons (Fsp3) is 0.792. The number of nitrogens with zero attached hydrogens (tertiary/aromatic N) is 1. The number of hydrogen-bond donors (Lipinski definition) is 2. The van der Waals surface area contributed by atoms with Crippen LogP contribution in [0.5, 0.6) is 0 Å². The molecule has 188 valence electrons. The van der Waals surface area contributed by atoms with Crippen molar-refractivity contribution in [3.8, 4) is 0 Å². The lowest BCUT2D eigenvalue weighted by Crippen LogP contribution is -2.56. The van der Waals surface area contributed by atoms with Gasteiger partial charge in [0.2, 0.25) is 5.91 Å². The van der Waals surface area contributed by atoms with Crippen molar-refractivity contribution in [2.45, 2.75) is 89.5 Å². The van der Waals surface area contributed by atoms with Gasteiger partial charge in [0.05, 0.1) is 6.61 Å². The minimum atomic E-state index is -2.00. The van der Waals surface area contributed by atoms with Gasteiger partial charge < -0.3 is 24.7 Å². The predicted molar refractivity (Wildman–Crippen MR) is 131 cm³/mol. The molecule has 2 rings (SSSR count). The Hall–Kier alpha value is -1.87. The Kier molecular flexibility index (Phi) is 9.15. The SMILES string of the molecule is CCOC(=O)[C@@]12C[C@H]1C=CCCCCN(C)C(=O)N[C@@H](CCO[Si](C)(C)C(C)(C)C)C(=O)N2. The van der Waals surface area contributed by atoms with Crippen molar-refractivity contribution in [2.24, 2.45) is 5.92 Å². The quantitative estimate of drug-likeness (QED) is 0.343. The summed E-state index contributed by atoms with van der Waals surface area (Å²) in [6, 6.07) is -1.10. The lowest BCUT2D eigenvalue weighted by molar-refractivity contribution is -0.149. The van der Waals surface area contributed by atoms with E-state index in [1.807, 2.05) is 6.08 Å². The highest BCUT2D eigenvalue weighted by Gasteiger charge is 2.61. The number of hydrogen-bond acceptors (Lipinski definition) is 5. The van der Waals surface area contributed by atoms with E-state index in [0.29, 0.717) is 26.0 Å². The fourth-order valence-electron chi connectivity index (χ4n) is 3.67. The molecule has 0 bridgehead atoms. The van der Waals surface area contributed by atoms with Crippen LogP contribution in [-0.2, 0) is 18.8 Å². The van der Waals surface area contributed by atoms with Crippen molar-refractivity contribution in [1.82, 2.24) is 15.5 Å². The summed E-state index contributed by atoms with van der Waals surface area (Å²) < 4.78 is 11.5. The number of fused-ring (bicyclic) bond motifs is 1. The number of carbonyl (C=O) groups excluding carboxylic acids is 3. The lowest BCUT2D eigenvalue weighted by Gasteiger charge is -2.36. The van der Waals surface area contributed by atoms with Crippen molar-refractivity contribution in [1.29, 1.82) is 0 Å². The second-order valence-corrected chi connectivity index (χ2v) is 15.5. The molecule has 2 N–H and O–H groups in total. The van der Waals surface area contributed by atoms with Crippen LogP contribution in [0.1, 0.15) is 59.8 Å². The van der Waals surface area contributed by atoms with Gasteiger partial charge in [0, 0.05) is 26.1 Å². The Bertz CT molecular complexity index is 749. The Labute approximate surface area is 200 Å². The Morgan fingerprint density at radius 2 is 1.97 bits per heavy atom. The molecule has 2 aliphatic rings. The molecule has 3 atom stereocenters. The van der Waals surface area contributed by atoms with Crippen LogP contribution in [0, 0.1) is 5.92 Å². The molecule has 0 radical (unpaired) electrons. The molecule has 1 fully saturated rings. The van der Waals surface area contributed by atoms with Gasteiger partial charge in [-0.25, -0.2) is 9.59 Å². The van der Waals surface area contributed by atoms with Crippen molar-refractivity contribution in [3.05, 3.63) is 12.2 Å². The number of carbonyl (C=O) groups is 3. The van der Waals surface area contributed by atoms with Crippen molar-refractivity contribution in [3.63, 3.8) is 0 Å². The predicted octanol–water partition coefficient (Wildman–Crippen LogP) is 3.59. The van der Waals surface area contributed by atoms with E-state index in [4.69, 9.17) is 9.16 Å². The second kappa shape index (κ2) is 11.0. The molecule has 0 aromatic heterocycles. The molecule has 0 saturated heterocycles. The Balaban J connectivity index is 2.21. The van der Waals surface area contributed by atoms with E-state index in [1.54, 1.807) is 18.9 Å². The third-order valence-corrected chi connectivity index (χ3v) is 11.7. The van der Waals surface area contributed by atoms with Gasteiger partial charge in [0.25, 0.3) is 0 Å². The van der Waals surface area contributed by atoms with Gasteiger partial charge in [-0.1, -0.05) is 32.9 Å². The Morgan fingerprint density at radius 1 is 1.27 bits per heavy atom. The van der Waals surface area contributed by atoms with Gasteiger partial charge in [-0.3, -0.25) is 4.79 Å². The lowest BCUT2D eigenvalue weighted by atomic mass is 10.1. The van der Waals surface area contributed by atoms with Crippen LogP contribution in [0.3, 0.4) is 0 Å². The van der Waals surface area contributed by atoms with Gasteiger partial charge in [-0.05, 0) is 57.2 Å². The summed E-state index contributed by atoms with van der Waals surface area (Å²) in [6.07, 6.45) is 7.60. The summed E-state index contributed by atoms with van der Waals surface area (Å²) in [5.41, 5.74) is -1.05. The maximum Gasteiger partial charge on any atom is 0.332 e. The number of amides is 3. The summed E-state index contributed by atoms with van der Waals surface area (Å²) in [7, 11) is -0.265. The highest BCUT2D eigenvalue weighted by atomic mass is 28.4. The van der Waals surface area contributed by atoms with E-state index >= 15 is 0 Å². The zero-order valence-corrected chi connectivity index (χ0v) is 22.5. The number of rotatable bonds is 6. The van der Waals surface area contributed by atoms with Gasteiger partial charge >= 0.3 is 12.0 Å². The molecule has 1 aliphatic heterocycles. The van der Waals surface area contributed by atoms with Crippen molar-refractivity contribution < 1.29 is 23.5 Å². The van der Waals surface area contributed by atoms with Crippen LogP contribution in [0.25, 0.3) is 0 Å². The number of nitrogens with one attached hydrogen (secondary N) is 2. The highest BCUT2D eigenvalue weighted by Crippen LogP contribution is 2.46. The van der Waals surface area contributed by atoms with Crippen LogP contribution in [0.15, 0.2) is 12.2 Å². The number of allylic oxidation sites excluding steroid dienone is 1. The summed E-state index contributed by atoms with van der Waals surface area (Å²) >= 11 is 0. The van der Waals surface area contributed by atoms with Crippen LogP contribution in [0.4, 0.5) is 4.79 Å². The van der Waals surface area contributed by atoms with Crippen LogP contribution < -0.4 is 10.6 Å². The van der Waals surface area contributed by atoms with E-state index < -0.39 is 25.9 Å². The molecule has 1 aliphatic carbocycles. The summed E-state index contributed by atoms with van der Waals surface area (Å²) in [5, 5.41) is 5.84. The third-order valence-electron chi connectivity index (χ3n) is 7.12. The zero-order chi connectivity index (χ0) is 24.9. The van der Waals surface area contributed by atoms with Gasteiger partial charge in [0.1, 0.15) is 11.6 Å². The monoisotopic (exact) mass is 481 g/mol. The van der Waals surface area contributed by atoms with Crippen LogP contribution >= 0.6 is 0 Å². The van der Waals surface area contributed by atoms with E-state index in [1.165, 1.54) is 0 Å². The second-order valence-electron chi connectivity index (χ2n) is 10.7. The molecule has 1 saturated carbocycles. The van der Waals surface area contributed by atoms with E-state index in [-0.39, 0.29) is 29.5 Å². The van der Waals surface area contributed by atoms with Gasteiger partial charge in [-0.15, -0.1) is 0 Å². The van der Waals surface area contributed by atoms with E-state index in [0.717, 1.165) is 19.3 Å². The molecule has 33 heavy (non-hydrogen) atoms. The fourth-order valence-corrected chi connectivity index (χ4v) is 4.73. The average Bonchev–Trinajstić information content (AvgIpc) is 3.41. The number of urea groups is 1. The highest BCUT2D eigenvalue weighted by molar-refractivity contribution is 6.74. The Morgan fingerprint density at radius 3 is 2.61 bits per heavy atom. The molecular weight excluding hydrogens is 438 g/mol. The maximum absolute atomic E-state index is 13.3. The molecule has 0 aromatic carbocycles. The number of esters is 1. The first-order valence-corrected chi connectivity index (χ1v) is 15.1. The molecular formula is C24H43N3O5Si. The third kappa shape index (κ3) is 7.05. The van der Waals surface area contributed by atoms with Crippen LogP contribution in [-0.4, -0.2) is 69.5 Å². The topological polar surface area (TPSA) is 97.0 Å². The minimum absolute atomic E-state index is 0.0452. The van der Waals surface area contributed by atoms with E-state index in [9.17, 15) is 14.4 Å². The standard InChI is InChI=1S/C24H43N3O5Si/c1-8-31-21(29)24-17-18(24)13-11-9-10-12-15-27(5)22(30)25-19(20(28)26-24)14-16-32-33(6,7)23(2,3)4/h11,13,18-19H,8-10,12,14-17H2,1-7H3,(H,25,30)(H,26,28)/t18-,19+,24-/m1/s1. The summed E-state index contributed by atoms with van der Waals surface area (Å²) in [4.78, 5) is 40.4. The first-order valence-electron chi connectivity index (χ1n) is 12.2. The normalized spacial score (nSPS) is 27.2.